The zero-order chi connectivity index (χ0) is 13.7. The molecule has 1 heterocycles. The third kappa shape index (κ3) is 3.80. The molecule has 0 saturated carbocycles. The first kappa shape index (κ1) is 13.1. The average molecular weight is 263 g/mol. The van der Waals surface area contributed by atoms with E-state index in [1.54, 1.807) is 12.5 Å². The summed E-state index contributed by atoms with van der Waals surface area (Å²) in [5.41, 5.74) is 5.78. The lowest BCUT2D eigenvalue weighted by Crippen LogP contribution is -2.09. The van der Waals surface area contributed by atoms with Crippen LogP contribution >= 0.6 is 0 Å². The van der Waals surface area contributed by atoms with Crippen molar-refractivity contribution in [2.45, 2.75) is 13.0 Å². The molecule has 0 amide bonds. The number of esters is 1. The van der Waals surface area contributed by atoms with Gasteiger partial charge in [-0.15, -0.1) is 0 Å². The lowest BCUT2D eigenvalue weighted by atomic mass is 10.2. The number of halogens is 1. The van der Waals surface area contributed by atoms with E-state index in [4.69, 9.17) is 10.5 Å². The number of carbonyl (C=O) groups is 1. The van der Waals surface area contributed by atoms with E-state index in [0.29, 0.717) is 13.0 Å². The van der Waals surface area contributed by atoms with Gasteiger partial charge in [-0.1, -0.05) is 0 Å². The van der Waals surface area contributed by atoms with Gasteiger partial charge in [0.1, 0.15) is 5.82 Å². The van der Waals surface area contributed by atoms with Crippen LogP contribution in [0.15, 0.2) is 36.9 Å². The van der Waals surface area contributed by atoms with Gasteiger partial charge >= 0.3 is 5.97 Å². The second-order valence-electron chi connectivity index (χ2n) is 4.06. The number of ether oxygens (including phenoxy) is 1. The number of nitrogens with zero attached hydrogens (tertiary/aromatic N) is 2. The Bertz CT molecular complexity index is 535. The first-order chi connectivity index (χ1) is 9.15. The van der Waals surface area contributed by atoms with E-state index in [0.717, 1.165) is 12.1 Å². The summed E-state index contributed by atoms with van der Waals surface area (Å²) in [6.07, 6.45) is 5.86. The minimum Gasteiger partial charge on any atom is -0.462 e. The van der Waals surface area contributed by atoms with Crippen molar-refractivity contribution < 1.29 is 13.9 Å². The van der Waals surface area contributed by atoms with E-state index in [1.807, 2.05) is 10.8 Å². The molecule has 100 valence electrons. The molecule has 0 aliphatic carbocycles. The van der Waals surface area contributed by atoms with Crippen molar-refractivity contribution in [3.05, 3.63) is 48.3 Å². The zero-order valence-corrected chi connectivity index (χ0v) is 10.3. The minimum atomic E-state index is -0.572. The second kappa shape index (κ2) is 5.99. The quantitative estimate of drug-likeness (QED) is 0.507. The normalized spacial score (nSPS) is 10.4. The number of aryl methyl sites for hydroxylation is 1. The number of hydrogen-bond acceptors (Lipinski definition) is 4. The van der Waals surface area contributed by atoms with Crippen LogP contribution in [0.2, 0.25) is 0 Å². The van der Waals surface area contributed by atoms with Crippen LogP contribution in [-0.4, -0.2) is 22.1 Å². The molecule has 19 heavy (non-hydrogen) atoms. The number of rotatable bonds is 5. The molecule has 0 spiro atoms. The molecule has 1 aromatic carbocycles. The van der Waals surface area contributed by atoms with Crippen molar-refractivity contribution in [3.63, 3.8) is 0 Å². The highest BCUT2D eigenvalue weighted by Crippen LogP contribution is 2.12. The zero-order valence-electron chi connectivity index (χ0n) is 10.3. The largest absolute Gasteiger partial charge is 0.462 e. The minimum absolute atomic E-state index is 0.125. The first-order valence-electron chi connectivity index (χ1n) is 5.84. The summed E-state index contributed by atoms with van der Waals surface area (Å²) in [5, 5.41) is 0. The molecular weight excluding hydrogens is 249 g/mol. The lowest BCUT2D eigenvalue weighted by Gasteiger charge is -2.06. The molecule has 0 unspecified atom stereocenters. The van der Waals surface area contributed by atoms with Gasteiger partial charge in [-0.3, -0.25) is 0 Å². The van der Waals surface area contributed by atoms with Crippen LogP contribution in [0.1, 0.15) is 16.8 Å². The Balaban J connectivity index is 1.80. The third-order valence-electron chi connectivity index (χ3n) is 2.51. The second-order valence-corrected chi connectivity index (χ2v) is 4.06. The number of carbonyl (C=O) groups excluding carboxylic acids is 1. The molecule has 6 heteroatoms. The molecule has 2 N–H and O–H groups in total. The molecule has 0 radical (unpaired) electrons. The molecule has 5 nitrogen and oxygen atoms in total. The fourth-order valence-electron chi connectivity index (χ4n) is 1.64. The molecule has 0 aliphatic rings. The standard InChI is InChI=1S/C13H14FN3O2/c14-11-6-10(7-12(15)8-11)13(18)19-5-1-3-17-4-2-16-9-17/h2,4,6-9H,1,3,5,15H2. The molecule has 1 aromatic heterocycles. The Hall–Kier alpha value is -2.37. The van der Waals surface area contributed by atoms with Crippen molar-refractivity contribution in [2.75, 3.05) is 12.3 Å². The SMILES string of the molecule is Nc1cc(F)cc(C(=O)OCCCn2ccnc2)c1. The summed E-state index contributed by atoms with van der Waals surface area (Å²) in [7, 11) is 0. The van der Waals surface area contributed by atoms with Gasteiger partial charge in [0.2, 0.25) is 0 Å². The number of nitrogens with two attached hydrogens (primary N) is 1. The van der Waals surface area contributed by atoms with E-state index in [1.165, 1.54) is 6.07 Å². The Kier molecular flexibility index (Phi) is 4.12. The van der Waals surface area contributed by atoms with E-state index in [9.17, 15) is 9.18 Å². The molecule has 2 rings (SSSR count). The van der Waals surface area contributed by atoms with Crippen LogP contribution in [0.5, 0.6) is 0 Å². The summed E-state index contributed by atoms with van der Waals surface area (Å²) >= 11 is 0. The maximum absolute atomic E-state index is 13.1. The Labute approximate surface area is 109 Å². The third-order valence-corrected chi connectivity index (χ3v) is 2.51. The molecule has 2 aromatic rings. The van der Waals surface area contributed by atoms with Gasteiger partial charge in [0, 0.05) is 24.6 Å². The topological polar surface area (TPSA) is 70.1 Å². The molecule has 0 fully saturated rings. The Morgan fingerprint density at radius 1 is 1.42 bits per heavy atom. The molecule has 0 atom stereocenters. The van der Waals surface area contributed by atoms with Crippen molar-refractivity contribution in [1.82, 2.24) is 9.55 Å². The van der Waals surface area contributed by atoms with E-state index in [-0.39, 0.29) is 17.9 Å². The van der Waals surface area contributed by atoms with Gasteiger partial charge in [-0.2, -0.15) is 0 Å². The summed E-state index contributed by atoms with van der Waals surface area (Å²) in [4.78, 5) is 15.5. The van der Waals surface area contributed by atoms with Crippen LogP contribution in [0.4, 0.5) is 10.1 Å². The van der Waals surface area contributed by atoms with Crippen molar-refractivity contribution >= 4 is 11.7 Å². The summed E-state index contributed by atoms with van der Waals surface area (Å²) < 4.78 is 20.0. The van der Waals surface area contributed by atoms with Crippen molar-refractivity contribution in [2.24, 2.45) is 0 Å². The van der Waals surface area contributed by atoms with Gasteiger partial charge in [0.15, 0.2) is 0 Å². The smallest absolute Gasteiger partial charge is 0.338 e. The van der Waals surface area contributed by atoms with E-state index >= 15 is 0 Å². The predicted octanol–water partition coefficient (Wildman–Crippen LogP) is 1.85. The molecule has 0 aliphatic heterocycles. The van der Waals surface area contributed by atoms with Crippen LogP contribution in [-0.2, 0) is 11.3 Å². The maximum Gasteiger partial charge on any atom is 0.338 e. The number of benzene rings is 1. The van der Waals surface area contributed by atoms with E-state index in [2.05, 4.69) is 4.98 Å². The number of anilines is 1. The van der Waals surface area contributed by atoms with Gasteiger partial charge in [0.05, 0.1) is 18.5 Å². The highest BCUT2D eigenvalue weighted by molar-refractivity contribution is 5.90. The number of aromatic nitrogens is 2. The molecule has 0 bridgehead atoms. The first-order valence-corrected chi connectivity index (χ1v) is 5.84. The Morgan fingerprint density at radius 2 is 2.26 bits per heavy atom. The van der Waals surface area contributed by atoms with Gasteiger partial charge < -0.3 is 15.0 Å². The summed E-state index contributed by atoms with van der Waals surface area (Å²) in [5.74, 6) is -1.12. The van der Waals surface area contributed by atoms with Gasteiger partial charge in [-0.05, 0) is 24.6 Å². The van der Waals surface area contributed by atoms with E-state index < -0.39 is 11.8 Å². The lowest BCUT2D eigenvalue weighted by molar-refractivity contribution is 0.0495. The fourth-order valence-corrected chi connectivity index (χ4v) is 1.64. The highest BCUT2D eigenvalue weighted by Gasteiger charge is 2.09. The van der Waals surface area contributed by atoms with Gasteiger partial charge in [-0.25, -0.2) is 14.2 Å². The van der Waals surface area contributed by atoms with Crippen molar-refractivity contribution in [3.8, 4) is 0 Å². The molecular formula is C13H14FN3O2. The van der Waals surface area contributed by atoms with Crippen LogP contribution in [0.25, 0.3) is 0 Å². The maximum atomic E-state index is 13.1. The number of hydrogen-bond donors (Lipinski definition) is 1. The van der Waals surface area contributed by atoms with Crippen LogP contribution in [0, 0.1) is 5.82 Å². The number of nitrogen functional groups attached to an aromatic ring is 1. The number of imidazole rings is 1. The van der Waals surface area contributed by atoms with Crippen LogP contribution in [0.3, 0.4) is 0 Å². The summed E-state index contributed by atoms with van der Waals surface area (Å²) in [6.45, 7) is 0.964. The summed E-state index contributed by atoms with van der Waals surface area (Å²) in [6, 6.07) is 3.64. The molecule has 0 saturated heterocycles. The highest BCUT2D eigenvalue weighted by atomic mass is 19.1. The van der Waals surface area contributed by atoms with Crippen molar-refractivity contribution in [1.29, 1.82) is 0 Å². The fraction of sp³-hybridized carbons (Fsp3) is 0.231. The average Bonchev–Trinajstić information content (AvgIpc) is 2.86. The predicted molar refractivity (Wildman–Crippen MR) is 67.9 cm³/mol. The van der Waals surface area contributed by atoms with Gasteiger partial charge in [0.25, 0.3) is 0 Å². The van der Waals surface area contributed by atoms with Crippen LogP contribution < -0.4 is 5.73 Å². The monoisotopic (exact) mass is 263 g/mol. The Morgan fingerprint density at radius 3 is 2.95 bits per heavy atom.